The second-order valence-electron chi connectivity index (χ2n) is 9.55. The van der Waals surface area contributed by atoms with Crippen LogP contribution in [0.25, 0.3) is 5.82 Å². The number of anilines is 1. The fourth-order valence-electron chi connectivity index (χ4n) is 4.17. The number of nitrogens with zero attached hydrogens (tertiary/aromatic N) is 5. The maximum absolute atomic E-state index is 13.3. The monoisotopic (exact) mass is 539 g/mol. The Kier molecular flexibility index (Phi) is 8.77. The number of nitrogens with one attached hydrogen (secondary N) is 1. The van der Waals surface area contributed by atoms with Gasteiger partial charge in [-0.15, -0.1) is 5.10 Å². The van der Waals surface area contributed by atoms with Crippen LogP contribution in [0.15, 0.2) is 40.0 Å². The number of amides is 1. The summed E-state index contributed by atoms with van der Waals surface area (Å²) in [4.78, 5) is 24.7. The molecule has 1 fully saturated rings. The molecule has 1 atom stereocenters. The van der Waals surface area contributed by atoms with E-state index in [2.05, 4.69) is 40.5 Å². The highest BCUT2D eigenvalue weighted by molar-refractivity contribution is 8.02. The molecule has 0 unspecified atom stereocenters. The molecule has 202 valence electrons. The molecular formula is C24H32F3N7O2S. The molecule has 37 heavy (non-hydrogen) atoms. The van der Waals surface area contributed by atoms with Crippen LogP contribution >= 0.6 is 11.9 Å². The van der Waals surface area contributed by atoms with Gasteiger partial charge in [-0.1, -0.05) is 6.92 Å². The van der Waals surface area contributed by atoms with Crippen molar-refractivity contribution in [3.05, 3.63) is 40.6 Å². The van der Waals surface area contributed by atoms with Crippen molar-refractivity contribution in [2.24, 2.45) is 16.6 Å². The SMILES string of the molecule is CN=CC(SNC(=O)c1ccc(-n2ccc(OCCC(F)(F)F)n2)nc1N1C[C@@H](C)CC1(C)C)=C(C)N. The number of pyridine rings is 1. The van der Waals surface area contributed by atoms with Crippen LogP contribution in [0, 0.1) is 5.92 Å². The molecule has 3 N–H and O–H groups in total. The van der Waals surface area contributed by atoms with Crippen LogP contribution in [-0.2, 0) is 0 Å². The highest BCUT2D eigenvalue weighted by Crippen LogP contribution is 2.38. The molecule has 1 amide bonds. The molecule has 3 heterocycles. The summed E-state index contributed by atoms with van der Waals surface area (Å²) in [5.74, 6) is 0.972. The molecule has 0 spiro atoms. The quantitative estimate of drug-likeness (QED) is 0.357. The van der Waals surface area contributed by atoms with Gasteiger partial charge in [-0.2, -0.15) is 13.2 Å². The van der Waals surface area contributed by atoms with Gasteiger partial charge in [-0.3, -0.25) is 14.5 Å². The first-order chi connectivity index (χ1) is 17.3. The van der Waals surface area contributed by atoms with Crippen LogP contribution < -0.4 is 20.1 Å². The molecule has 13 heteroatoms. The number of hydrogen-bond acceptors (Lipinski definition) is 8. The number of ether oxygens (including phenoxy) is 1. The molecule has 0 bridgehead atoms. The number of nitrogens with two attached hydrogens (primary N) is 1. The molecule has 0 saturated carbocycles. The average molecular weight is 540 g/mol. The Labute approximate surface area is 218 Å². The summed E-state index contributed by atoms with van der Waals surface area (Å²) in [7, 11) is 1.62. The van der Waals surface area contributed by atoms with Gasteiger partial charge in [-0.25, -0.2) is 9.67 Å². The van der Waals surface area contributed by atoms with E-state index in [1.165, 1.54) is 10.7 Å². The third-order valence-corrected chi connectivity index (χ3v) is 6.69. The molecule has 0 radical (unpaired) electrons. The third-order valence-electron chi connectivity index (χ3n) is 5.76. The maximum Gasteiger partial charge on any atom is 0.392 e. The standard InChI is InChI=1S/C24H32F3N7O2S/c1-15-12-23(3,4)33(14-15)21-17(22(35)32-37-18(13-29-5)16(2)28)6-7-19(30-21)34-10-8-20(31-34)36-11-9-24(25,26)27/h6-8,10,13,15H,9,11-12,14,28H2,1-5H3,(H,32,35)/t15-/m0/s1. The van der Waals surface area contributed by atoms with Crippen LogP contribution in [0.2, 0.25) is 0 Å². The van der Waals surface area contributed by atoms with Gasteiger partial charge < -0.3 is 15.4 Å². The smallest absolute Gasteiger partial charge is 0.392 e. The van der Waals surface area contributed by atoms with Gasteiger partial charge in [0, 0.05) is 43.3 Å². The van der Waals surface area contributed by atoms with Crippen LogP contribution in [0.3, 0.4) is 0 Å². The summed E-state index contributed by atoms with van der Waals surface area (Å²) in [6, 6.07) is 4.75. The Balaban J connectivity index is 1.91. The predicted molar refractivity (Wildman–Crippen MR) is 139 cm³/mol. The maximum atomic E-state index is 13.3. The van der Waals surface area contributed by atoms with Gasteiger partial charge in [0.05, 0.1) is 23.5 Å². The van der Waals surface area contributed by atoms with E-state index in [4.69, 9.17) is 15.5 Å². The number of carbonyl (C=O) groups is 1. The fourth-order valence-corrected chi connectivity index (χ4v) is 4.81. The van der Waals surface area contributed by atoms with E-state index in [1.54, 1.807) is 38.5 Å². The van der Waals surface area contributed by atoms with E-state index >= 15 is 0 Å². The minimum absolute atomic E-state index is 0.0509. The van der Waals surface area contributed by atoms with Crippen LogP contribution in [0.1, 0.15) is 50.9 Å². The van der Waals surface area contributed by atoms with Gasteiger partial charge in [0.1, 0.15) is 5.82 Å². The third kappa shape index (κ3) is 7.40. The van der Waals surface area contributed by atoms with Gasteiger partial charge in [0.15, 0.2) is 5.82 Å². The summed E-state index contributed by atoms with van der Waals surface area (Å²) in [5, 5.41) is 4.20. The molecule has 1 aliphatic rings. The molecule has 3 rings (SSSR count). The average Bonchev–Trinajstić information content (AvgIpc) is 3.37. The molecule has 1 aliphatic heterocycles. The highest BCUT2D eigenvalue weighted by atomic mass is 32.2. The Morgan fingerprint density at radius 1 is 1.38 bits per heavy atom. The number of alkyl halides is 3. The van der Waals surface area contributed by atoms with Crippen LogP contribution in [-0.4, -0.2) is 58.8 Å². The minimum Gasteiger partial charge on any atom is -0.476 e. The molecule has 2 aromatic rings. The van der Waals surface area contributed by atoms with Gasteiger partial charge in [0.2, 0.25) is 5.88 Å². The first-order valence-electron chi connectivity index (χ1n) is 11.7. The topological polar surface area (TPSA) is 111 Å². The summed E-state index contributed by atoms with van der Waals surface area (Å²) in [6.07, 6.45) is -1.35. The first-order valence-corrected chi connectivity index (χ1v) is 12.5. The van der Waals surface area contributed by atoms with Crippen molar-refractivity contribution < 1.29 is 22.7 Å². The molecular weight excluding hydrogens is 507 g/mol. The van der Waals surface area contributed by atoms with Crippen molar-refractivity contribution in [2.45, 2.75) is 52.3 Å². The number of aliphatic imine (C=N–C) groups is 1. The van der Waals surface area contributed by atoms with E-state index in [9.17, 15) is 18.0 Å². The number of halogens is 3. The van der Waals surface area contributed by atoms with Gasteiger partial charge in [0.25, 0.3) is 5.91 Å². The zero-order valence-electron chi connectivity index (χ0n) is 21.5. The number of aromatic nitrogens is 3. The number of carbonyl (C=O) groups excluding carboxylic acids is 1. The van der Waals surface area contributed by atoms with Crippen molar-refractivity contribution in [3.8, 4) is 11.7 Å². The van der Waals surface area contributed by atoms with Crippen molar-refractivity contribution >= 4 is 29.9 Å². The molecule has 1 saturated heterocycles. The number of allylic oxidation sites excluding steroid dienone is 2. The Hall–Kier alpha value is -3.22. The van der Waals surface area contributed by atoms with E-state index in [1.807, 2.05) is 0 Å². The second kappa shape index (κ2) is 11.4. The summed E-state index contributed by atoms with van der Waals surface area (Å²) < 4.78 is 46.6. The summed E-state index contributed by atoms with van der Waals surface area (Å²) >= 11 is 1.07. The van der Waals surface area contributed by atoms with Crippen LogP contribution in [0.4, 0.5) is 19.0 Å². The normalized spacial score (nSPS) is 18.3. The van der Waals surface area contributed by atoms with Gasteiger partial charge >= 0.3 is 6.18 Å². The lowest BCUT2D eigenvalue weighted by atomic mass is 9.97. The molecule has 2 aromatic heterocycles. The lowest BCUT2D eigenvalue weighted by molar-refractivity contribution is -0.139. The zero-order chi connectivity index (χ0) is 27.4. The minimum atomic E-state index is -4.31. The number of hydrogen-bond donors (Lipinski definition) is 2. The van der Waals surface area contributed by atoms with E-state index in [-0.39, 0.29) is 17.3 Å². The van der Waals surface area contributed by atoms with E-state index in [0.717, 1.165) is 18.4 Å². The second-order valence-corrected chi connectivity index (χ2v) is 10.4. The predicted octanol–water partition coefficient (Wildman–Crippen LogP) is 4.49. The molecule has 0 aliphatic carbocycles. The molecule has 9 nitrogen and oxygen atoms in total. The summed E-state index contributed by atoms with van der Waals surface area (Å²) in [5.41, 5.74) is 6.52. The Bertz CT molecular complexity index is 1170. The zero-order valence-corrected chi connectivity index (χ0v) is 22.3. The Morgan fingerprint density at radius 3 is 2.70 bits per heavy atom. The highest BCUT2D eigenvalue weighted by Gasteiger charge is 2.39. The fraction of sp³-hybridized carbons (Fsp3) is 0.500. The van der Waals surface area contributed by atoms with Gasteiger partial charge in [-0.05, 0) is 57.2 Å². The largest absolute Gasteiger partial charge is 0.476 e. The number of rotatable bonds is 9. The van der Waals surface area contributed by atoms with E-state index in [0.29, 0.717) is 40.3 Å². The van der Waals surface area contributed by atoms with Crippen molar-refractivity contribution in [1.82, 2.24) is 19.5 Å². The summed E-state index contributed by atoms with van der Waals surface area (Å²) in [6.45, 7) is 8.23. The van der Waals surface area contributed by atoms with E-state index < -0.39 is 19.2 Å². The lowest BCUT2D eigenvalue weighted by Gasteiger charge is -2.34. The van der Waals surface area contributed by atoms with Crippen LogP contribution in [0.5, 0.6) is 5.88 Å². The molecule has 0 aromatic carbocycles. The van der Waals surface area contributed by atoms with Crippen molar-refractivity contribution in [3.63, 3.8) is 0 Å². The van der Waals surface area contributed by atoms with Crippen molar-refractivity contribution in [1.29, 1.82) is 0 Å². The Morgan fingerprint density at radius 2 is 2.11 bits per heavy atom. The lowest BCUT2D eigenvalue weighted by Crippen LogP contribution is -2.40. The van der Waals surface area contributed by atoms with Crippen molar-refractivity contribution in [2.75, 3.05) is 25.1 Å². The first kappa shape index (κ1) is 28.4.